The van der Waals surface area contributed by atoms with Gasteiger partial charge in [-0.25, -0.2) is 4.57 Å². The van der Waals surface area contributed by atoms with Crippen LogP contribution < -0.4 is 4.57 Å². The van der Waals surface area contributed by atoms with Gasteiger partial charge in [0.2, 0.25) is 5.69 Å². The first kappa shape index (κ1) is 18.1. The van der Waals surface area contributed by atoms with Gasteiger partial charge in [-0.3, -0.25) is 0 Å². The van der Waals surface area contributed by atoms with E-state index >= 15 is 0 Å². The Bertz CT molecular complexity index is 1480. The smallest absolute Gasteiger partial charge is 0.216 e. The van der Waals surface area contributed by atoms with Crippen molar-refractivity contribution in [3.8, 4) is 28.5 Å². The molecule has 0 radical (unpaired) electrons. The number of aromatic nitrogens is 1. The van der Waals surface area contributed by atoms with Crippen LogP contribution in [0.15, 0.2) is 77.3 Å². The molecule has 0 unspecified atom stereocenters. The van der Waals surface area contributed by atoms with Crippen LogP contribution in [-0.2, 0) is 7.05 Å². The molecule has 3 aromatic carbocycles. The van der Waals surface area contributed by atoms with Crippen molar-refractivity contribution in [1.29, 1.82) is 5.26 Å². The molecule has 30 heavy (non-hydrogen) atoms. The number of nitriles is 1. The molecule has 144 valence electrons. The third-order valence-electron chi connectivity index (χ3n) is 5.74. The molecule has 0 saturated heterocycles. The molecule has 3 heteroatoms. The highest BCUT2D eigenvalue weighted by molar-refractivity contribution is 6.13. The van der Waals surface area contributed by atoms with Crippen molar-refractivity contribution in [2.24, 2.45) is 7.05 Å². The van der Waals surface area contributed by atoms with Gasteiger partial charge >= 0.3 is 0 Å². The Balaban J connectivity index is 1.92. The fourth-order valence-corrected chi connectivity index (χ4v) is 4.30. The first-order chi connectivity index (χ1) is 14.6. The van der Waals surface area contributed by atoms with Crippen LogP contribution in [0.25, 0.3) is 44.3 Å². The van der Waals surface area contributed by atoms with Gasteiger partial charge in [0.25, 0.3) is 0 Å². The molecule has 5 aromatic rings. The number of aryl methyl sites for hydroxylation is 3. The van der Waals surface area contributed by atoms with Crippen LogP contribution in [0.5, 0.6) is 0 Å². The van der Waals surface area contributed by atoms with Gasteiger partial charge < -0.3 is 4.42 Å². The van der Waals surface area contributed by atoms with Crippen LogP contribution in [-0.4, -0.2) is 0 Å². The summed E-state index contributed by atoms with van der Waals surface area (Å²) in [6.07, 6.45) is 2.05. The summed E-state index contributed by atoms with van der Waals surface area (Å²) in [6.45, 7) is 4.20. The third-order valence-corrected chi connectivity index (χ3v) is 5.74. The summed E-state index contributed by atoms with van der Waals surface area (Å²) in [5.74, 6) is 0. The number of hydrogen-bond donors (Lipinski definition) is 0. The van der Waals surface area contributed by atoms with Crippen molar-refractivity contribution < 1.29 is 8.98 Å². The lowest BCUT2D eigenvalue weighted by atomic mass is 9.95. The number of furan rings is 1. The second-order valence-electron chi connectivity index (χ2n) is 7.78. The maximum atomic E-state index is 9.64. The van der Waals surface area contributed by atoms with E-state index in [2.05, 4.69) is 74.1 Å². The molecule has 3 nitrogen and oxygen atoms in total. The molecule has 0 spiro atoms. The lowest BCUT2D eigenvalue weighted by Gasteiger charge is -2.06. The van der Waals surface area contributed by atoms with E-state index in [1.54, 1.807) is 0 Å². The molecule has 0 saturated carbocycles. The Kier molecular flexibility index (Phi) is 4.15. The number of pyridine rings is 1. The maximum Gasteiger partial charge on any atom is 0.216 e. The second-order valence-corrected chi connectivity index (χ2v) is 7.78. The Labute approximate surface area is 175 Å². The van der Waals surface area contributed by atoms with Crippen LogP contribution in [0.2, 0.25) is 0 Å². The van der Waals surface area contributed by atoms with E-state index in [-0.39, 0.29) is 0 Å². The largest absolute Gasteiger partial charge is 0.454 e. The predicted molar refractivity (Wildman–Crippen MR) is 120 cm³/mol. The van der Waals surface area contributed by atoms with Crippen molar-refractivity contribution >= 4 is 21.9 Å². The van der Waals surface area contributed by atoms with Gasteiger partial charge in [0.1, 0.15) is 18.2 Å². The summed E-state index contributed by atoms with van der Waals surface area (Å²) >= 11 is 0. The molecule has 0 atom stereocenters. The average Bonchev–Trinajstić information content (AvgIpc) is 3.12. The van der Waals surface area contributed by atoms with E-state index in [1.807, 2.05) is 30.3 Å². The van der Waals surface area contributed by atoms with E-state index < -0.39 is 0 Å². The highest BCUT2D eigenvalue weighted by Gasteiger charge is 2.22. The zero-order valence-corrected chi connectivity index (χ0v) is 17.2. The zero-order chi connectivity index (χ0) is 20.8. The van der Waals surface area contributed by atoms with Gasteiger partial charge in [-0.15, -0.1) is 0 Å². The van der Waals surface area contributed by atoms with E-state index in [4.69, 9.17) is 4.42 Å². The van der Waals surface area contributed by atoms with Gasteiger partial charge in [-0.2, -0.15) is 5.26 Å². The van der Waals surface area contributed by atoms with Gasteiger partial charge in [0.05, 0.1) is 17.2 Å². The van der Waals surface area contributed by atoms with Crippen molar-refractivity contribution in [3.63, 3.8) is 0 Å². The molecule has 0 amide bonds. The highest BCUT2D eigenvalue weighted by atomic mass is 16.3. The van der Waals surface area contributed by atoms with E-state index in [0.717, 1.165) is 49.9 Å². The quantitative estimate of drug-likeness (QED) is 0.336. The van der Waals surface area contributed by atoms with Crippen LogP contribution >= 0.6 is 0 Å². The van der Waals surface area contributed by atoms with Crippen molar-refractivity contribution in [3.05, 3.63) is 89.6 Å². The molecule has 0 fully saturated rings. The summed E-state index contributed by atoms with van der Waals surface area (Å²) in [6, 6.07) is 24.8. The molecule has 2 heterocycles. The molecule has 0 aliphatic rings. The van der Waals surface area contributed by atoms with Crippen LogP contribution in [0.3, 0.4) is 0 Å². The topological polar surface area (TPSA) is 40.8 Å². The summed E-state index contributed by atoms with van der Waals surface area (Å²) in [5.41, 5.74) is 8.72. The van der Waals surface area contributed by atoms with E-state index in [1.165, 1.54) is 5.56 Å². The van der Waals surface area contributed by atoms with Crippen LogP contribution in [0.4, 0.5) is 0 Å². The van der Waals surface area contributed by atoms with Crippen LogP contribution in [0, 0.1) is 25.2 Å². The minimum absolute atomic E-state index is 0.649. The molecule has 0 aliphatic heterocycles. The van der Waals surface area contributed by atoms with Crippen LogP contribution in [0.1, 0.15) is 16.7 Å². The first-order valence-corrected chi connectivity index (χ1v) is 9.99. The Morgan fingerprint density at radius 1 is 0.833 bits per heavy atom. The summed E-state index contributed by atoms with van der Waals surface area (Å²) in [7, 11) is 2.05. The number of benzene rings is 3. The molecule has 0 bridgehead atoms. The minimum Gasteiger partial charge on any atom is -0.454 e. The van der Waals surface area contributed by atoms with Crippen molar-refractivity contribution in [2.75, 3.05) is 0 Å². The molecular weight excluding hydrogens is 368 g/mol. The zero-order valence-electron chi connectivity index (χ0n) is 17.2. The Morgan fingerprint density at radius 2 is 1.63 bits per heavy atom. The normalized spacial score (nSPS) is 11.1. The first-order valence-electron chi connectivity index (χ1n) is 9.99. The average molecular weight is 389 g/mol. The van der Waals surface area contributed by atoms with Crippen molar-refractivity contribution in [1.82, 2.24) is 0 Å². The summed E-state index contributed by atoms with van der Waals surface area (Å²) < 4.78 is 8.71. The molecule has 5 rings (SSSR count). The van der Waals surface area contributed by atoms with Crippen molar-refractivity contribution in [2.45, 2.75) is 13.8 Å². The number of nitrogens with zero attached hydrogens (tertiary/aromatic N) is 2. The fraction of sp³-hybridized carbons (Fsp3) is 0.111. The summed E-state index contributed by atoms with van der Waals surface area (Å²) in [5, 5.41) is 11.8. The molecule has 0 aliphatic carbocycles. The monoisotopic (exact) mass is 389 g/mol. The SMILES string of the molecule is Cc1cc(-c2ccccc2C#N)c2oc3c(-c4cccc[n+]4C)c(C)ccc3c2c1. The molecular formula is C27H21N2O+. The van der Waals surface area contributed by atoms with E-state index in [9.17, 15) is 5.26 Å². The second kappa shape index (κ2) is 6.86. The van der Waals surface area contributed by atoms with Gasteiger partial charge in [0.15, 0.2) is 6.20 Å². The maximum absolute atomic E-state index is 9.64. The predicted octanol–water partition coefficient (Wildman–Crippen LogP) is 6.23. The lowest BCUT2D eigenvalue weighted by molar-refractivity contribution is -0.660. The Hall–Kier alpha value is -3.90. The number of hydrogen-bond acceptors (Lipinski definition) is 2. The van der Waals surface area contributed by atoms with E-state index in [0.29, 0.717) is 5.56 Å². The standard InChI is InChI=1S/C27H21N2O/c1-17-14-22(20-9-5-4-8-19(20)16-28)26-23(15-17)21-12-11-18(2)25(27(21)30-26)24-10-6-7-13-29(24)3/h4-15H,1-3H3/q+1. The lowest BCUT2D eigenvalue weighted by Crippen LogP contribution is -2.30. The third kappa shape index (κ3) is 2.69. The molecule has 0 N–H and O–H groups in total. The van der Waals surface area contributed by atoms with Gasteiger partial charge in [0, 0.05) is 34.0 Å². The Morgan fingerprint density at radius 3 is 2.43 bits per heavy atom. The number of rotatable bonds is 2. The minimum atomic E-state index is 0.649. The van der Waals surface area contributed by atoms with Gasteiger partial charge in [-0.1, -0.05) is 30.3 Å². The number of fused-ring (bicyclic) bond motifs is 3. The van der Waals surface area contributed by atoms with Gasteiger partial charge in [-0.05, 0) is 49.2 Å². The molecule has 2 aromatic heterocycles. The summed E-state index contributed by atoms with van der Waals surface area (Å²) in [4.78, 5) is 0. The fourth-order valence-electron chi connectivity index (χ4n) is 4.30. The highest BCUT2D eigenvalue weighted by Crippen LogP contribution is 2.41.